The van der Waals surface area contributed by atoms with Crippen LogP contribution in [0, 0.1) is 0 Å². The van der Waals surface area contributed by atoms with Crippen LogP contribution in [0.15, 0.2) is 36.5 Å². The number of ether oxygens (including phenoxy) is 1. The van der Waals surface area contributed by atoms with E-state index in [2.05, 4.69) is 10.1 Å². The van der Waals surface area contributed by atoms with E-state index in [4.69, 9.17) is 0 Å². The summed E-state index contributed by atoms with van der Waals surface area (Å²) in [4.78, 5) is 25.4. The van der Waals surface area contributed by atoms with E-state index in [0.717, 1.165) is 12.1 Å². The molecule has 23 heavy (non-hydrogen) atoms. The van der Waals surface area contributed by atoms with Gasteiger partial charge < -0.3 is 15.0 Å². The molecule has 0 bridgehead atoms. The molecule has 1 unspecified atom stereocenters. The zero-order valence-electron chi connectivity index (χ0n) is 12.3. The second-order valence-electron chi connectivity index (χ2n) is 4.86. The van der Waals surface area contributed by atoms with Crippen LogP contribution in [-0.4, -0.2) is 30.1 Å². The first-order valence-corrected chi connectivity index (χ1v) is 6.87. The van der Waals surface area contributed by atoms with Gasteiger partial charge in [0.05, 0.1) is 0 Å². The van der Waals surface area contributed by atoms with E-state index in [1.54, 1.807) is 6.08 Å². The molecule has 0 saturated carbocycles. The lowest BCUT2D eigenvalue weighted by molar-refractivity contribution is -0.274. The molecule has 8 heteroatoms. The predicted molar refractivity (Wildman–Crippen MR) is 75.2 cm³/mol. The Bertz CT molecular complexity index is 611. The third-order valence-electron chi connectivity index (χ3n) is 3.28. The monoisotopic (exact) mass is 328 g/mol. The summed E-state index contributed by atoms with van der Waals surface area (Å²) in [5.74, 6) is -1.05. The number of benzene rings is 1. The Labute approximate surface area is 130 Å². The van der Waals surface area contributed by atoms with Crippen LogP contribution < -0.4 is 10.1 Å². The predicted octanol–water partition coefficient (Wildman–Crippen LogP) is 2.51. The highest BCUT2D eigenvalue weighted by Crippen LogP contribution is 2.28. The summed E-state index contributed by atoms with van der Waals surface area (Å²) in [6.45, 7) is 0. The van der Waals surface area contributed by atoms with Crippen LogP contribution in [0.1, 0.15) is 24.4 Å². The van der Waals surface area contributed by atoms with Gasteiger partial charge in [0.15, 0.2) is 0 Å². The van der Waals surface area contributed by atoms with Crippen molar-refractivity contribution < 1.29 is 27.5 Å². The zero-order valence-corrected chi connectivity index (χ0v) is 12.3. The molecule has 1 aromatic carbocycles. The van der Waals surface area contributed by atoms with Gasteiger partial charge in [-0.15, -0.1) is 13.2 Å². The highest BCUT2D eigenvalue weighted by molar-refractivity contribution is 5.89. The van der Waals surface area contributed by atoms with Gasteiger partial charge in [0, 0.05) is 19.7 Å². The number of alkyl halides is 3. The van der Waals surface area contributed by atoms with E-state index in [1.807, 2.05) is 0 Å². The Kier molecular flexibility index (Phi) is 4.92. The van der Waals surface area contributed by atoms with Crippen LogP contribution >= 0.6 is 0 Å². The summed E-state index contributed by atoms with van der Waals surface area (Å²) in [5, 5.41) is 2.46. The van der Waals surface area contributed by atoms with Gasteiger partial charge in [0.25, 0.3) is 0 Å². The van der Waals surface area contributed by atoms with Gasteiger partial charge in [0.2, 0.25) is 11.8 Å². The molecular weight excluding hydrogens is 313 g/mol. The summed E-state index contributed by atoms with van der Waals surface area (Å²) >= 11 is 0. The highest BCUT2D eigenvalue weighted by atomic mass is 19.4. The first-order chi connectivity index (χ1) is 10.8. The third kappa shape index (κ3) is 4.24. The minimum atomic E-state index is -4.78. The molecular formula is C15H15F3N2O3. The van der Waals surface area contributed by atoms with Crippen molar-refractivity contribution in [1.82, 2.24) is 10.2 Å². The molecule has 2 rings (SSSR count). The van der Waals surface area contributed by atoms with Gasteiger partial charge in [-0.1, -0.05) is 18.2 Å². The third-order valence-corrected chi connectivity index (χ3v) is 3.28. The largest absolute Gasteiger partial charge is 0.573 e. The lowest BCUT2D eigenvalue weighted by Gasteiger charge is -2.30. The van der Waals surface area contributed by atoms with E-state index < -0.39 is 24.1 Å². The van der Waals surface area contributed by atoms with Crippen molar-refractivity contribution in [3.63, 3.8) is 0 Å². The number of allylic oxidation sites excluding steroid dienone is 1. The Morgan fingerprint density at radius 1 is 1.30 bits per heavy atom. The zero-order chi connectivity index (χ0) is 17.0. The summed E-state index contributed by atoms with van der Waals surface area (Å²) in [6.07, 6.45) is -0.634. The number of nitrogens with zero attached hydrogens (tertiary/aromatic N) is 1. The van der Waals surface area contributed by atoms with Gasteiger partial charge in [-0.25, -0.2) is 0 Å². The highest BCUT2D eigenvalue weighted by Gasteiger charge is 2.32. The second kappa shape index (κ2) is 6.72. The lowest BCUT2D eigenvalue weighted by atomic mass is 10.0. The van der Waals surface area contributed by atoms with Gasteiger partial charge >= 0.3 is 6.36 Å². The molecule has 0 radical (unpaired) electrons. The Balaban J connectivity index is 2.29. The molecule has 1 atom stereocenters. The average molecular weight is 328 g/mol. The molecule has 1 aromatic rings. The fourth-order valence-electron chi connectivity index (χ4n) is 2.26. The molecule has 0 spiro atoms. The van der Waals surface area contributed by atoms with E-state index in [0.29, 0.717) is 12.0 Å². The fourth-order valence-corrected chi connectivity index (χ4v) is 2.26. The van der Waals surface area contributed by atoms with Crippen molar-refractivity contribution in [2.75, 3.05) is 7.05 Å². The number of carbonyl (C=O) groups is 2. The lowest BCUT2D eigenvalue weighted by Crippen LogP contribution is -2.40. The molecule has 5 nitrogen and oxygen atoms in total. The van der Waals surface area contributed by atoms with Crippen LogP contribution in [0.3, 0.4) is 0 Å². The van der Waals surface area contributed by atoms with Gasteiger partial charge in [-0.05, 0) is 24.1 Å². The smallest absolute Gasteiger partial charge is 0.406 e. The van der Waals surface area contributed by atoms with E-state index >= 15 is 0 Å². The number of rotatable bonds is 4. The molecule has 0 aromatic heterocycles. The van der Waals surface area contributed by atoms with E-state index in [-0.39, 0.29) is 12.3 Å². The van der Waals surface area contributed by atoms with Gasteiger partial charge in [0.1, 0.15) is 11.8 Å². The molecule has 1 aliphatic rings. The van der Waals surface area contributed by atoms with Crippen molar-refractivity contribution in [2.45, 2.75) is 25.2 Å². The fraction of sp³-hybridized carbons (Fsp3) is 0.333. The van der Waals surface area contributed by atoms with Crippen LogP contribution in [-0.2, 0) is 9.59 Å². The first-order valence-electron chi connectivity index (χ1n) is 6.87. The maximum atomic E-state index is 12.2. The number of nitrogens with one attached hydrogen (secondary N) is 1. The Hall–Kier alpha value is -2.51. The van der Waals surface area contributed by atoms with Crippen molar-refractivity contribution in [1.29, 1.82) is 0 Å². The Morgan fingerprint density at radius 2 is 1.96 bits per heavy atom. The quantitative estimate of drug-likeness (QED) is 0.924. The summed E-state index contributed by atoms with van der Waals surface area (Å²) < 4.78 is 40.3. The number of amides is 2. The topological polar surface area (TPSA) is 58.6 Å². The minimum Gasteiger partial charge on any atom is -0.406 e. The summed E-state index contributed by atoms with van der Waals surface area (Å²) in [6, 6.07) is 3.94. The SMILES string of the molecule is CNC(=O)C(c1ccc(OC(F)(F)F)cc1)N1C=CCCC1=O. The van der Waals surface area contributed by atoms with E-state index in [1.165, 1.54) is 30.3 Å². The standard InChI is InChI=1S/C15H15F3N2O3/c1-19-14(22)13(20-9-3-2-4-12(20)21)10-5-7-11(8-6-10)23-15(16,17)18/h3,5-9,13H,2,4H2,1H3,(H,19,22). The average Bonchev–Trinajstić information content (AvgIpc) is 2.49. The minimum absolute atomic E-state index is 0.225. The molecule has 0 fully saturated rings. The summed E-state index contributed by atoms with van der Waals surface area (Å²) in [7, 11) is 1.43. The molecule has 1 aliphatic heterocycles. The van der Waals surface area contributed by atoms with E-state index in [9.17, 15) is 22.8 Å². The van der Waals surface area contributed by atoms with Crippen molar-refractivity contribution in [3.8, 4) is 5.75 Å². The van der Waals surface area contributed by atoms with Crippen LogP contribution in [0.2, 0.25) is 0 Å². The molecule has 0 aliphatic carbocycles. The second-order valence-corrected chi connectivity index (χ2v) is 4.86. The van der Waals surface area contributed by atoms with Gasteiger partial charge in [-0.3, -0.25) is 9.59 Å². The molecule has 1 N–H and O–H groups in total. The molecule has 2 amide bonds. The van der Waals surface area contributed by atoms with Crippen molar-refractivity contribution >= 4 is 11.8 Å². The Morgan fingerprint density at radius 3 is 2.48 bits per heavy atom. The first kappa shape index (κ1) is 16.9. The number of carbonyl (C=O) groups excluding carboxylic acids is 2. The maximum absolute atomic E-state index is 12.2. The number of hydrogen-bond acceptors (Lipinski definition) is 3. The maximum Gasteiger partial charge on any atom is 0.573 e. The molecule has 124 valence electrons. The number of hydrogen-bond donors (Lipinski definition) is 1. The summed E-state index contributed by atoms with van der Waals surface area (Å²) in [5.41, 5.74) is 0.388. The molecule has 1 heterocycles. The van der Waals surface area contributed by atoms with Crippen molar-refractivity contribution in [2.24, 2.45) is 0 Å². The van der Waals surface area contributed by atoms with Gasteiger partial charge in [-0.2, -0.15) is 0 Å². The molecule has 0 saturated heterocycles. The van der Waals surface area contributed by atoms with Crippen LogP contribution in [0.25, 0.3) is 0 Å². The van der Waals surface area contributed by atoms with Crippen LogP contribution in [0.4, 0.5) is 13.2 Å². The van der Waals surface area contributed by atoms with Crippen molar-refractivity contribution in [3.05, 3.63) is 42.1 Å². The number of likely N-dealkylation sites (N-methyl/N-ethyl adjacent to an activating group) is 1. The normalized spacial score (nSPS) is 16.2. The number of halogens is 3. The van der Waals surface area contributed by atoms with Crippen LogP contribution in [0.5, 0.6) is 5.75 Å².